The number of benzene rings is 1. The predicted octanol–water partition coefficient (Wildman–Crippen LogP) is 1.55. The zero-order valence-corrected chi connectivity index (χ0v) is 13.9. The Balaban J connectivity index is 1.91. The van der Waals surface area contributed by atoms with Crippen LogP contribution in [0.2, 0.25) is 0 Å². The first-order valence-electron chi connectivity index (χ1n) is 7.83. The molecule has 7 nitrogen and oxygen atoms in total. The highest BCUT2D eigenvalue weighted by Crippen LogP contribution is 2.20. The molecule has 1 aromatic carbocycles. The second-order valence-electron chi connectivity index (χ2n) is 5.93. The second kappa shape index (κ2) is 6.64. The standard InChI is InChI=1S/C17H18FN3O4/c1-10-7-11(2)21(19-10)14-4-3-12(8-13(14)18)16(22)20-5-6-25-9-15(20)17(23)24/h3-4,7-8,15H,5-6,9H2,1-2H3,(H,23,24)/t15-/m1/s1. The number of rotatable bonds is 3. The lowest BCUT2D eigenvalue weighted by atomic mass is 10.1. The van der Waals surface area contributed by atoms with E-state index in [4.69, 9.17) is 4.74 Å². The minimum Gasteiger partial charge on any atom is -0.480 e. The van der Waals surface area contributed by atoms with Crippen molar-refractivity contribution in [3.63, 3.8) is 0 Å². The van der Waals surface area contributed by atoms with Gasteiger partial charge in [-0.3, -0.25) is 4.79 Å². The Hall–Kier alpha value is -2.74. The molecule has 2 heterocycles. The third-order valence-corrected chi connectivity index (χ3v) is 4.11. The number of ether oxygens (including phenoxy) is 1. The van der Waals surface area contributed by atoms with Crippen molar-refractivity contribution in [1.29, 1.82) is 0 Å². The number of morpholine rings is 1. The number of aromatic nitrogens is 2. The van der Waals surface area contributed by atoms with Crippen LogP contribution in [-0.2, 0) is 9.53 Å². The maximum Gasteiger partial charge on any atom is 0.328 e. The van der Waals surface area contributed by atoms with E-state index in [1.807, 2.05) is 19.9 Å². The Morgan fingerprint density at radius 3 is 2.68 bits per heavy atom. The van der Waals surface area contributed by atoms with Crippen LogP contribution in [0, 0.1) is 19.7 Å². The van der Waals surface area contributed by atoms with Crippen LogP contribution >= 0.6 is 0 Å². The molecule has 0 spiro atoms. The zero-order chi connectivity index (χ0) is 18.1. The molecule has 3 rings (SSSR count). The van der Waals surface area contributed by atoms with Crippen LogP contribution in [-0.4, -0.2) is 57.5 Å². The van der Waals surface area contributed by atoms with Gasteiger partial charge in [0.1, 0.15) is 11.5 Å². The van der Waals surface area contributed by atoms with Gasteiger partial charge in [0.2, 0.25) is 0 Å². The second-order valence-corrected chi connectivity index (χ2v) is 5.93. The van der Waals surface area contributed by atoms with Crippen LogP contribution in [0.3, 0.4) is 0 Å². The minimum absolute atomic E-state index is 0.0760. The molecule has 1 amide bonds. The third-order valence-electron chi connectivity index (χ3n) is 4.11. The van der Waals surface area contributed by atoms with Crippen molar-refractivity contribution >= 4 is 11.9 Å². The molecule has 8 heteroatoms. The molecule has 0 unspecified atom stereocenters. The van der Waals surface area contributed by atoms with E-state index >= 15 is 0 Å². The summed E-state index contributed by atoms with van der Waals surface area (Å²) in [6.45, 7) is 3.94. The molecule has 132 valence electrons. The van der Waals surface area contributed by atoms with Crippen molar-refractivity contribution < 1.29 is 23.8 Å². The van der Waals surface area contributed by atoms with Crippen LogP contribution in [0.25, 0.3) is 5.69 Å². The fourth-order valence-electron chi connectivity index (χ4n) is 2.90. The maximum atomic E-state index is 14.5. The summed E-state index contributed by atoms with van der Waals surface area (Å²) in [6.07, 6.45) is 0. The lowest BCUT2D eigenvalue weighted by molar-refractivity contribution is -0.147. The predicted molar refractivity (Wildman–Crippen MR) is 86.3 cm³/mol. The maximum absolute atomic E-state index is 14.5. The summed E-state index contributed by atoms with van der Waals surface area (Å²) in [5, 5.41) is 13.5. The average Bonchev–Trinajstić information content (AvgIpc) is 2.92. The SMILES string of the molecule is Cc1cc(C)n(-c2ccc(C(=O)N3CCOC[C@@H]3C(=O)O)cc2F)n1. The number of carbonyl (C=O) groups excluding carboxylic acids is 1. The van der Waals surface area contributed by atoms with Gasteiger partial charge >= 0.3 is 5.97 Å². The van der Waals surface area contributed by atoms with Crippen molar-refractivity contribution in [2.75, 3.05) is 19.8 Å². The monoisotopic (exact) mass is 347 g/mol. The summed E-state index contributed by atoms with van der Waals surface area (Å²) in [4.78, 5) is 25.1. The fraction of sp³-hybridized carbons (Fsp3) is 0.353. The normalized spacial score (nSPS) is 17.6. The van der Waals surface area contributed by atoms with Crippen molar-refractivity contribution in [3.05, 3.63) is 47.0 Å². The highest BCUT2D eigenvalue weighted by atomic mass is 19.1. The van der Waals surface area contributed by atoms with E-state index in [1.54, 1.807) is 0 Å². The van der Waals surface area contributed by atoms with E-state index in [0.29, 0.717) is 0 Å². The van der Waals surface area contributed by atoms with Gasteiger partial charge in [-0.05, 0) is 38.1 Å². The molecule has 1 aliphatic heterocycles. The molecule has 1 saturated heterocycles. The third kappa shape index (κ3) is 3.25. The molecule has 2 aromatic rings. The Bertz CT molecular complexity index is 833. The van der Waals surface area contributed by atoms with Gasteiger partial charge in [-0.2, -0.15) is 5.10 Å². The molecule has 1 aromatic heterocycles. The van der Waals surface area contributed by atoms with E-state index in [2.05, 4.69) is 5.10 Å². The van der Waals surface area contributed by atoms with Gasteiger partial charge in [-0.15, -0.1) is 0 Å². The highest BCUT2D eigenvalue weighted by molar-refractivity contribution is 5.97. The van der Waals surface area contributed by atoms with Gasteiger partial charge in [0, 0.05) is 17.8 Å². The molecule has 1 atom stereocenters. The number of carbonyl (C=O) groups is 2. The molecular formula is C17H18FN3O4. The number of carboxylic acid groups (broad SMARTS) is 1. The molecule has 0 bridgehead atoms. The van der Waals surface area contributed by atoms with Gasteiger partial charge in [0.05, 0.1) is 18.9 Å². The van der Waals surface area contributed by atoms with Crippen molar-refractivity contribution in [1.82, 2.24) is 14.7 Å². The van der Waals surface area contributed by atoms with Crippen LogP contribution in [0.15, 0.2) is 24.3 Å². The molecule has 1 fully saturated rings. The van der Waals surface area contributed by atoms with E-state index in [0.717, 1.165) is 17.5 Å². The largest absolute Gasteiger partial charge is 0.480 e. The zero-order valence-electron chi connectivity index (χ0n) is 13.9. The highest BCUT2D eigenvalue weighted by Gasteiger charge is 2.33. The molecule has 0 radical (unpaired) electrons. The first-order valence-corrected chi connectivity index (χ1v) is 7.83. The van der Waals surface area contributed by atoms with E-state index in [9.17, 15) is 19.1 Å². The lowest BCUT2D eigenvalue weighted by Crippen LogP contribution is -2.52. The molecule has 25 heavy (non-hydrogen) atoms. The quantitative estimate of drug-likeness (QED) is 0.911. The van der Waals surface area contributed by atoms with Gasteiger partial charge in [0.15, 0.2) is 6.04 Å². The van der Waals surface area contributed by atoms with Gasteiger partial charge in [-0.1, -0.05) is 0 Å². The Morgan fingerprint density at radius 2 is 2.08 bits per heavy atom. The van der Waals surface area contributed by atoms with Crippen molar-refractivity contribution in [3.8, 4) is 5.69 Å². The summed E-state index contributed by atoms with van der Waals surface area (Å²) in [6, 6.07) is 4.82. The summed E-state index contributed by atoms with van der Waals surface area (Å²) in [5.74, 6) is -2.28. The first kappa shape index (κ1) is 17.1. The molecular weight excluding hydrogens is 329 g/mol. The molecule has 0 saturated carbocycles. The minimum atomic E-state index is -1.15. The number of carboxylic acids is 1. The smallest absolute Gasteiger partial charge is 0.328 e. The Labute approximate surface area is 143 Å². The number of aliphatic carboxylic acids is 1. The number of halogens is 1. The molecule has 1 N–H and O–H groups in total. The number of hydrogen-bond donors (Lipinski definition) is 1. The molecule has 1 aliphatic rings. The first-order chi connectivity index (χ1) is 11.9. The average molecular weight is 347 g/mol. The van der Waals surface area contributed by atoms with Gasteiger partial charge in [0.25, 0.3) is 5.91 Å². The summed E-state index contributed by atoms with van der Waals surface area (Å²) in [5.41, 5.74) is 1.86. The van der Waals surface area contributed by atoms with Gasteiger partial charge < -0.3 is 14.7 Å². The van der Waals surface area contributed by atoms with Crippen molar-refractivity contribution in [2.24, 2.45) is 0 Å². The summed E-state index contributed by atoms with van der Waals surface area (Å²) in [7, 11) is 0. The summed E-state index contributed by atoms with van der Waals surface area (Å²) >= 11 is 0. The lowest BCUT2D eigenvalue weighted by Gasteiger charge is -2.32. The van der Waals surface area contributed by atoms with Crippen LogP contribution in [0.5, 0.6) is 0 Å². The van der Waals surface area contributed by atoms with Crippen molar-refractivity contribution in [2.45, 2.75) is 19.9 Å². The van der Waals surface area contributed by atoms with E-state index in [-0.39, 0.29) is 31.0 Å². The topological polar surface area (TPSA) is 84.7 Å². The van der Waals surface area contributed by atoms with E-state index < -0.39 is 23.7 Å². The van der Waals surface area contributed by atoms with Crippen LogP contribution in [0.4, 0.5) is 4.39 Å². The van der Waals surface area contributed by atoms with Crippen LogP contribution in [0.1, 0.15) is 21.7 Å². The van der Waals surface area contributed by atoms with Crippen LogP contribution < -0.4 is 0 Å². The number of aryl methyl sites for hydroxylation is 2. The van der Waals surface area contributed by atoms with E-state index in [1.165, 1.54) is 21.7 Å². The summed E-state index contributed by atoms with van der Waals surface area (Å²) < 4.78 is 21.1. The number of hydrogen-bond acceptors (Lipinski definition) is 4. The number of amides is 1. The Kier molecular flexibility index (Phi) is 4.54. The number of nitrogens with zero attached hydrogens (tertiary/aromatic N) is 3. The molecule has 0 aliphatic carbocycles. The van der Waals surface area contributed by atoms with Gasteiger partial charge in [-0.25, -0.2) is 13.9 Å². The Morgan fingerprint density at radius 1 is 1.32 bits per heavy atom. The fourth-order valence-corrected chi connectivity index (χ4v) is 2.90.